The van der Waals surface area contributed by atoms with Gasteiger partial charge in [0.1, 0.15) is 22.3 Å². The van der Waals surface area contributed by atoms with Crippen LogP contribution in [0.15, 0.2) is 239 Å². The number of rotatable bonds is 7. The molecule has 13 aromatic rings. The molecule has 0 radical (unpaired) electrons. The maximum atomic E-state index is 7.01. The minimum atomic E-state index is 0.837. The van der Waals surface area contributed by atoms with Gasteiger partial charge in [-0.3, -0.25) is 0 Å². The summed E-state index contributed by atoms with van der Waals surface area (Å²) in [5, 5.41) is 6.79. The molecule has 0 aliphatic carbocycles. The molecule has 3 aromatic heterocycles. The van der Waals surface area contributed by atoms with Gasteiger partial charge in [-0.2, -0.15) is 0 Å². The van der Waals surface area contributed by atoms with E-state index in [-0.39, 0.29) is 0 Å². The summed E-state index contributed by atoms with van der Waals surface area (Å²) in [6, 6.07) is 82.2. The summed E-state index contributed by atoms with van der Waals surface area (Å²) in [4.78, 5) is 2.42. The molecule has 0 saturated carbocycles. The molecular formula is C60H38N2O2. The SMILES string of the molecule is c1ccc(-c2ccc(N(c3ccccc3-c3cccc4oc5ccccc5c34)c3ccc4c(oc5ccccc54)c3-c3cccc(-n4c5ccccc5c5ccccc54)c3)cc2)cc1. The Bertz CT molecular complexity index is 3860. The number of aromatic nitrogens is 1. The van der Waals surface area contributed by atoms with Crippen molar-refractivity contribution in [1.82, 2.24) is 4.57 Å². The Kier molecular flexibility index (Phi) is 8.18. The molecule has 64 heavy (non-hydrogen) atoms. The maximum Gasteiger partial charge on any atom is 0.145 e. The highest BCUT2D eigenvalue weighted by Gasteiger charge is 2.26. The molecule has 0 bridgehead atoms. The van der Waals surface area contributed by atoms with Gasteiger partial charge in [-0.05, 0) is 95.1 Å². The smallest absolute Gasteiger partial charge is 0.145 e. The van der Waals surface area contributed by atoms with Gasteiger partial charge in [-0.15, -0.1) is 0 Å². The van der Waals surface area contributed by atoms with Crippen LogP contribution in [0.5, 0.6) is 0 Å². The lowest BCUT2D eigenvalue weighted by Gasteiger charge is -2.30. The Morgan fingerprint density at radius 1 is 0.344 bits per heavy atom. The minimum absolute atomic E-state index is 0.837. The number of fused-ring (bicyclic) bond motifs is 9. The summed E-state index contributed by atoms with van der Waals surface area (Å²) in [6.45, 7) is 0. The molecule has 10 aromatic carbocycles. The fraction of sp³-hybridized carbons (Fsp3) is 0. The second-order valence-corrected chi connectivity index (χ2v) is 16.4. The van der Waals surface area contributed by atoms with Crippen molar-refractivity contribution >= 4 is 82.7 Å². The highest BCUT2D eigenvalue weighted by molar-refractivity contribution is 6.16. The largest absolute Gasteiger partial charge is 0.456 e. The van der Waals surface area contributed by atoms with Crippen molar-refractivity contribution in [1.29, 1.82) is 0 Å². The summed E-state index contributed by atoms with van der Waals surface area (Å²) >= 11 is 0. The van der Waals surface area contributed by atoms with Gasteiger partial charge in [0, 0.05) is 54.8 Å². The first-order valence-corrected chi connectivity index (χ1v) is 21.8. The summed E-state index contributed by atoms with van der Waals surface area (Å²) < 4.78 is 15.9. The fourth-order valence-corrected chi connectivity index (χ4v) is 9.98. The van der Waals surface area contributed by atoms with Crippen molar-refractivity contribution in [2.24, 2.45) is 0 Å². The predicted octanol–water partition coefficient (Wildman–Crippen LogP) is 17.1. The highest BCUT2D eigenvalue weighted by Crippen LogP contribution is 2.50. The minimum Gasteiger partial charge on any atom is -0.456 e. The van der Waals surface area contributed by atoms with Gasteiger partial charge in [0.25, 0.3) is 0 Å². The van der Waals surface area contributed by atoms with E-state index in [2.05, 4.69) is 222 Å². The lowest BCUT2D eigenvalue weighted by molar-refractivity contribution is 0.669. The van der Waals surface area contributed by atoms with Crippen molar-refractivity contribution in [2.75, 3.05) is 4.90 Å². The standard InChI is InChI=1S/C60H38N2O2/c1-2-16-39(17-3-1)40-32-34-42(35-33-40)61(53-28-11-6-22-46(53)48-25-15-31-57-59(48)50-24-8-13-30-56(50)63-57)54-37-36-49-47-23-7-12-29-55(47)64-60(49)58(54)41-18-14-19-43(38-41)62-51-26-9-4-20-44(51)45-21-5-10-27-52(45)62/h1-38H. The predicted molar refractivity (Wildman–Crippen MR) is 266 cm³/mol. The van der Waals surface area contributed by atoms with Crippen LogP contribution in [0.25, 0.3) is 105 Å². The average Bonchev–Trinajstić information content (AvgIpc) is 4.05. The monoisotopic (exact) mass is 818 g/mol. The van der Waals surface area contributed by atoms with Crippen molar-refractivity contribution < 1.29 is 8.83 Å². The Hall–Kier alpha value is -8.60. The van der Waals surface area contributed by atoms with E-state index in [1.165, 1.54) is 16.3 Å². The number of hydrogen-bond acceptors (Lipinski definition) is 3. The van der Waals surface area contributed by atoms with Gasteiger partial charge in [0.15, 0.2) is 0 Å². The van der Waals surface area contributed by atoms with Crippen molar-refractivity contribution in [3.8, 4) is 39.1 Å². The topological polar surface area (TPSA) is 34.5 Å². The molecule has 0 aliphatic heterocycles. The van der Waals surface area contributed by atoms with E-state index in [0.29, 0.717) is 0 Å². The van der Waals surface area contributed by atoms with Gasteiger partial charge < -0.3 is 18.3 Å². The van der Waals surface area contributed by atoms with E-state index >= 15 is 0 Å². The summed E-state index contributed by atoms with van der Waals surface area (Å²) in [6.07, 6.45) is 0. The molecule has 0 spiro atoms. The molecule has 0 unspecified atom stereocenters. The number of anilines is 3. The average molecular weight is 819 g/mol. The van der Waals surface area contributed by atoms with Gasteiger partial charge in [0.05, 0.1) is 22.4 Å². The summed E-state index contributed by atoms with van der Waals surface area (Å²) in [7, 11) is 0. The number of furan rings is 2. The third-order valence-electron chi connectivity index (χ3n) is 12.8. The van der Waals surface area contributed by atoms with Crippen molar-refractivity contribution in [3.63, 3.8) is 0 Å². The van der Waals surface area contributed by atoms with Crippen LogP contribution in [0, 0.1) is 0 Å². The zero-order valence-electron chi connectivity index (χ0n) is 34.7. The fourth-order valence-electron chi connectivity index (χ4n) is 9.98. The van der Waals surface area contributed by atoms with Crippen LogP contribution in [-0.2, 0) is 0 Å². The van der Waals surface area contributed by atoms with E-state index in [0.717, 1.165) is 105 Å². The van der Waals surface area contributed by atoms with Crippen LogP contribution in [0.1, 0.15) is 0 Å². The van der Waals surface area contributed by atoms with Crippen molar-refractivity contribution in [3.05, 3.63) is 231 Å². The molecule has 0 fully saturated rings. The van der Waals surface area contributed by atoms with Crippen LogP contribution < -0.4 is 4.90 Å². The van der Waals surface area contributed by atoms with Crippen LogP contribution in [0.4, 0.5) is 17.1 Å². The molecule has 3 heterocycles. The zero-order valence-corrected chi connectivity index (χ0v) is 34.7. The lowest BCUT2D eigenvalue weighted by atomic mass is 9.95. The number of benzene rings is 10. The van der Waals surface area contributed by atoms with Gasteiger partial charge >= 0.3 is 0 Å². The maximum absolute atomic E-state index is 7.01. The Morgan fingerprint density at radius 3 is 1.70 bits per heavy atom. The van der Waals surface area contributed by atoms with Gasteiger partial charge in [-0.25, -0.2) is 0 Å². The van der Waals surface area contributed by atoms with Gasteiger partial charge in [0.2, 0.25) is 0 Å². The number of para-hydroxylation sites is 5. The number of nitrogens with zero attached hydrogens (tertiary/aromatic N) is 2. The van der Waals surface area contributed by atoms with E-state index in [9.17, 15) is 0 Å². The Labute approximate surface area is 369 Å². The first-order chi connectivity index (χ1) is 31.8. The molecule has 0 saturated heterocycles. The number of hydrogen-bond donors (Lipinski definition) is 0. The third-order valence-corrected chi connectivity index (χ3v) is 12.8. The van der Waals surface area contributed by atoms with Crippen LogP contribution in [0.3, 0.4) is 0 Å². The Morgan fingerprint density at radius 2 is 0.922 bits per heavy atom. The summed E-state index contributed by atoms with van der Waals surface area (Å²) in [5.74, 6) is 0. The molecule has 0 atom stereocenters. The first kappa shape index (κ1) is 36.1. The third kappa shape index (κ3) is 5.63. The van der Waals surface area contributed by atoms with E-state index in [1.54, 1.807) is 0 Å². The van der Waals surface area contributed by atoms with E-state index < -0.39 is 0 Å². The van der Waals surface area contributed by atoms with Crippen LogP contribution in [-0.4, -0.2) is 4.57 Å². The highest BCUT2D eigenvalue weighted by atomic mass is 16.3. The van der Waals surface area contributed by atoms with Crippen LogP contribution >= 0.6 is 0 Å². The Balaban J connectivity index is 1.10. The molecule has 300 valence electrons. The van der Waals surface area contributed by atoms with E-state index in [4.69, 9.17) is 8.83 Å². The molecule has 0 amide bonds. The summed E-state index contributed by atoms with van der Waals surface area (Å²) in [5.41, 5.74) is 16.4. The lowest BCUT2D eigenvalue weighted by Crippen LogP contribution is -2.12. The van der Waals surface area contributed by atoms with Crippen LogP contribution in [0.2, 0.25) is 0 Å². The normalized spacial score (nSPS) is 11.8. The van der Waals surface area contributed by atoms with Crippen molar-refractivity contribution in [2.45, 2.75) is 0 Å². The molecule has 4 heteroatoms. The molecule has 13 rings (SSSR count). The van der Waals surface area contributed by atoms with Gasteiger partial charge in [-0.1, -0.05) is 158 Å². The molecule has 0 aliphatic rings. The first-order valence-electron chi connectivity index (χ1n) is 21.8. The zero-order chi connectivity index (χ0) is 42.1. The quantitative estimate of drug-likeness (QED) is 0.161. The van der Waals surface area contributed by atoms with E-state index in [1.807, 2.05) is 18.2 Å². The molecule has 0 N–H and O–H groups in total. The molecular weight excluding hydrogens is 781 g/mol. The second-order valence-electron chi connectivity index (χ2n) is 16.4. The molecule has 4 nitrogen and oxygen atoms in total. The second kappa shape index (κ2) is 14.5.